The molecule has 20 heavy (non-hydrogen) atoms. The Hall–Kier alpha value is -2.82. The molecule has 0 saturated carbocycles. The molecule has 1 aromatic carbocycles. The van der Waals surface area contributed by atoms with Crippen molar-refractivity contribution in [2.45, 2.75) is 6.42 Å². The number of carbonyl (C=O) groups is 1. The zero-order chi connectivity index (χ0) is 13.9. The van der Waals surface area contributed by atoms with Crippen LogP contribution < -0.4 is 5.32 Å². The first-order valence-corrected chi connectivity index (χ1v) is 6.13. The van der Waals surface area contributed by atoms with Gasteiger partial charge < -0.3 is 14.8 Å². The highest BCUT2D eigenvalue weighted by Gasteiger charge is 2.12. The van der Waals surface area contributed by atoms with Crippen LogP contribution in [0.3, 0.4) is 0 Å². The van der Waals surface area contributed by atoms with E-state index in [9.17, 15) is 9.90 Å². The van der Waals surface area contributed by atoms with E-state index in [0.717, 1.165) is 16.5 Å². The second-order valence-corrected chi connectivity index (χ2v) is 4.35. The van der Waals surface area contributed by atoms with E-state index < -0.39 is 0 Å². The molecule has 2 heterocycles. The van der Waals surface area contributed by atoms with Crippen LogP contribution in [0, 0.1) is 0 Å². The molecule has 2 aromatic heterocycles. The van der Waals surface area contributed by atoms with Gasteiger partial charge in [0, 0.05) is 17.1 Å². The second-order valence-electron chi connectivity index (χ2n) is 4.35. The number of aromatic hydroxyl groups is 1. The van der Waals surface area contributed by atoms with E-state index in [1.807, 2.05) is 24.3 Å². The molecule has 0 radical (unpaired) electrons. The van der Waals surface area contributed by atoms with Crippen LogP contribution in [-0.2, 0) is 11.2 Å². The van der Waals surface area contributed by atoms with E-state index in [-0.39, 0.29) is 23.9 Å². The second kappa shape index (κ2) is 5.05. The third-order valence-electron chi connectivity index (χ3n) is 2.96. The number of amides is 1. The third-order valence-corrected chi connectivity index (χ3v) is 2.96. The number of hydrogen-bond donors (Lipinski definition) is 2. The number of rotatable bonds is 3. The Bertz CT molecular complexity index is 764. The molecule has 2 N–H and O–H groups in total. The predicted molar refractivity (Wildman–Crippen MR) is 74.4 cm³/mol. The van der Waals surface area contributed by atoms with E-state index in [2.05, 4.69) is 10.3 Å². The molecule has 0 fully saturated rings. The normalized spacial score (nSPS) is 10.6. The third kappa shape index (κ3) is 2.33. The van der Waals surface area contributed by atoms with Crippen molar-refractivity contribution >= 4 is 22.7 Å². The van der Waals surface area contributed by atoms with Gasteiger partial charge in [-0.3, -0.25) is 4.79 Å². The number of nitrogens with one attached hydrogen (secondary N) is 1. The highest BCUT2D eigenvalue weighted by atomic mass is 16.3. The molecule has 1 amide bonds. The largest absolute Gasteiger partial charge is 0.504 e. The lowest BCUT2D eigenvalue weighted by molar-refractivity contribution is -0.115. The Labute approximate surface area is 114 Å². The van der Waals surface area contributed by atoms with Crippen LogP contribution >= 0.6 is 0 Å². The van der Waals surface area contributed by atoms with Crippen LogP contribution in [0.15, 0.2) is 53.3 Å². The molecule has 0 spiro atoms. The van der Waals surface area contributed by atoms with E-state index in [0.29, 0.717) is 0 Å². The summed E-state index contributed by atoms with van der Waals surface area (Å²) in [7, 11) is 0. The van der Waals surface area contributed by atoms with Crippen molar-refractivity contribution in [1.82, 2.24) is 4.98 Å². The van der Waals surface area contributed by atoms with Crippen molar-refractivity contribution < 1.29 is 14.3 Å². The molecule has 0 aliphatic heterocycles. The van der Waals surface area contributed by atoms with Crippen molar-refractivity contribution in [3.63, 3.8) is 0 Å². The number of anilines is 1. The van der Waals surface area contributed by atoms with Gasteiger partial charge in [-0.2, -0.15) is 0 Å². The number of furan rings is 1. The number of carbonyl (C=O) groups excluding carboxylic acids is 1. The number of nitrogens with zero attached hydrogens (tertiary/aromatic N) is 1. The van der Waals surface area contributed by atoms with Crippen molar-refractivity contribution in [3.8, 4) is 5.75 Å². The maximum Gasteiger partial charge on any atom is 0.230 e. The molecule has 5 heteroatoms. The maximum absolute atomic E-state index is 12.0. The Morgan fingerprint density at radius 3 is 2.95 bits per heavy atom. The fourth-order valence-corrected chi connectivity index (χ4v) is 2.01. The Balaban J connectivity index is 1.78. The molecule has 5 nitrogen and oxygen atoms in total. The molecule has 3 rings (SSSR count). The van der Waals surface area contributed by atoms with Gasteiger partial charge in [0.25, 0.3) is 0 Å². The smallest absolute Gasteiger partial charge is 0.230 e. The Morgan fingerprint density at radius 2 is 2.10 bits per heavy atom. The van der Waals surface area contributed by atoms with Gasteiger partial charge in [-0.05, 0) is 18.2 Å². The summed E-state index contributed by atoms with van der Waals surface area (Å²) in [6.45, 7) is 0. The van der Waals surface area contributed by atoms with Gasteiger partial charge in [-0.15, -0.1) is 0 Å². The van der Waals surface area contributed by atoms with Crippen LogP contribution in [0.5, 0.6) is 5.75 Å². The summed E-state index contributed by atoms with van der Waals surface area (Å²) in [5.41, 5.74) is 1.55. The Kier molecular flexibility index (Phi) is 3.09. The minimum atomic E-state index is -0.259. The van der Waals surface area contributed by atoms with Gasteiger partial charge in [-0.25, -0.2) is 4.98 Å². The number of pyridine rings is 1. The van der Waals surface area contributed by atoms with Gasteiger partial charge in [0.1, 0.15) is 5.58 Å². The first-order chi connectivity index (χ1) is 9.74. The standard InChI is InChI=1S/C15H12N2O3/c18-12-5-3-7-16-15(12)17-14(19)8-10-9-20-13-6-2-1-4-11(10)13/h1-7,9,18H,8H2,(H,16,17,19). The molecule has 0 saturated heterocycles. The lowest BCUT2D eigenvalue weighted by Crippen LogP contribution is -2.15. The van der Waals surface area contributed by atoms with E-state index >= 15 is 0 Å². The highest BCUT2D eigenvalue weighted by molar-refractivity contribution is 5.95. The summed E-state index contributed by atoms with van der Waals surface area (Å²) in [5.74, 6) is -0.159. The Morgan fingerprint density at radius 1 is 1.25 bits per heavy atom. The highest BCUT2D eigenvalue weighted by Crippen LogP contribution is 2.22. The molecule has 0 bridgehead atoms. The number of benzene rings is 1. The topological polar surface area (TPSA) is 75.4 Å². The van der Waals surface area contributed by atoms with Gasteiger partial charge >= 0.3 is 0 Å². The van der Waals surface area contributed by atoms with E-state index in [1.54, 1.807) is 12.3 Å². The molecular weight excluding hydrogens is 256 g/mol. The van der Waals surface area contributed by atoms with Gasteiger partial charge in [-0.1, -0.05) is 18.2 Å². The minimum Gasteiger partial charge on any atom is -0.504 e. The maximum atomic E-state index is 12.0. The zero-order valence-electron chi connectivity index (χ0n) is 10.5. The quantitative estimate of drug-likeness (QED) is 0.765. The monoisotopic (exact) mass is 268 g/mol. The van der Waals surface area contributed by atoms with Crippen LogP contribution in [-0.4, -0.2) is 16.0 Å². The average Bonchev–Trinajstić information content (AvgIpc) is 2.85. The fourth-order valence-electron chi connectivity index (χ4n) is 2.01. The molecule has 100 valence electrons. The first kappa shape index (κ1) is 12.2. The summed E-state index contributed by atoms with van der Waals surface area (Å²) >= 11 is 0. The summed E-state index contributed by atoms with van der Waals surface area (Å²) in [4.78, 5) is 15.9. The SMILES string of the molecule is O=C(Cc1coc2ccccc12)Nc1ncccc1O. The van der Waals surface area contributed by atoms with Crippen molar-refractivity contribution in [3.05, 3.63) is 54.4 Å². The number of hydrogen-bond acceptors (Lipinski definition) is 4. The number of aromatic nitrogens is 1. The zero-order valence-corrected chi connectivity index (χ0v) is 10.5. The van der Waals surface area contributed by atoms with Crippen LogP contribution in [0.25, 0.3) is 11.0 Å². The molecular formula is C15H12N2O3. The van der Waals surface area contributed by atoms with Crippen LogP contribution in [0.4, 0.5) is 5.82 Å². The lowest BCUT2D eigenvalue weighted by Gasteiger charge is -2.04. The van der Waals surface area contributed by atoms with Gasteiger partial charge in [0.15, 0.2) is 11.6 Å². The number of para-hydroxylation sites is 1. The van der Waals surface area contributed by atoms with E-state index in [4.69, 9.17) is 4.42 Å². The summed E-state index contributed by atoms with van der Waals surface area (Å²) in [5, 5.41) is 13.0. The molecule has 0 unspecified atom stereocenters. The summed E-state index contributed by atoms with van der Waals surface area (Å²) < 4.78 is 5.38. The number of fused-ring (bicyclic) bond motifs is 1. The summed E-state index contributed by atoms with van der Waals surface area (Å²) in [6.07, 6.45) is 3.23. The molecule has 0 atom stereocenters. The predicted octanol–water partition coefficient (Wildman–Crippen LogP) is 2.71. The van der Waals surface area contributed by atoms with Crippen LogP contribution in [0.1, 0.15) is 5.56 Å². The van der Waals surface area contributed by atoms with Gasteiger partial charge in [0.2, 0.25) is 5.91 Å². The molecule has 0 aliphatic rings. The van der Waals surface area contributed by atoms with Crippen molar-refractivity contribution in [2.24, 2.45) is 0 Å². The van der Waals surface area contributed by atoms with Crippen molar-refractivity contribution in [2.75, 3.05) is 5.32 Å². The van der Waals surface area contributed by atoms with Gasteiger partial charge in [0.05, 0.1) is 12.7 Å². The summed E-state index contributed by atoms with van der Waals surface area (Å²) in [6, 6.07) is 10.6. The van der Waals surface area contributed by atoms with Crippen molar-refractivity contribution in [1.29, 1.82) is 0 Å². The first-order valence-electron chi connectivity index (χ1n) is 6.13. The average molecular weight is 268 g/mol. The molecule has 0 aliphatic carbocycles. The minimum absolute atomic E-state index is 0.0575. The van der Waals surface area contributed by atoms with E-state index in [1.165, 1.54) is 12.3 Å². The molecule has 3 aromatic rings. The lowest BCUT2D eigenvalue weighted by atomic mass is 10.1. The fraction of sp³-hybridized carbons (Fsp3) is 0.0667. The van der Waals surface area contributed by atoms with Crippen LogP contribution in [0.2, 0.25) is 0 Å².